The van der Waals surface area contributed by atoms with Crippen LogP contribution in [0, 0.1) is 0 Å². The van der Waals surface area contributed by atoms with Crippen molar-refractivity contribution in [2.75, 3.05) is 0 Å². The maximum Gasteiger partial charge on any atom is 0.489 e. The molecule has 0 aliphatic heterocycles. The highest BCUT2D eigenvalue weighted by Crippen LogP contribution is 2.10. The number of carbonyl (C=O) groups excluding carboxylic acids is 2. The maximum atomic E-state index is 12.2. The monoisotopic (exact) mass is 301 g/mol. The Morgan fingerprint density at radius 3 is 2.73 bits per heavy atom. The fraction of sp³-hybridized carbons (Fsp3) is 0.214. The van der Waals surface area contributed by atoms with Crippen molar-refractivity contribution in [3.63, 3.8) is 0 Å². The first kappa shape index (κ1) is 15.9. The van der Waals surface area contributed by atoms with Gasteiger partial charge in [0.15, 0.2) is 0 Å². The standard InChI is InChI=1S/C14H16BN3O4/c1-9(13-16-5-6-18(13)2)17-14(20)10-3-4-12(15(21)22)11(7-10)8-19/h3-9,21-22H,1-2H3,(H,17,20). The zero-order chi connectivity index (χ0) is 16.3. The zero-order valence-corrected chi connectivity index (χ0v) is 12.2. The van der Waals surface area contributed by atoms with Gasteiger partial charge in [0.2, 0.25) is 0 Å². The molecule has 0 aliphatic carbocycles. The van der Waals surface area contributed by atoms with Gasteiger partial charge in [-0.25, -0.2) is 4.98 Å². The molecule has 1 unspecified atom stereocenters. The van der Waals surface area contributed by atoms with Crippen molar-refractivity contribution < 1.29 is 19.6 Å². The molecule has 0 bridgehead atoms. The number of aromatic nitrogens is 2. The summed E-state index contributed by atoms with van der Waals surface area (Å²) in [7, 11) is 0.0659. The van der Waals surface area contributed by atoms with Crippen molar-refractivity contribution >= 4 is 24.8 Å². The third-order valence-corrected chi connectivity index (χ3v) is 3.35. The number of imidazole rings is 1. The third-order valence-electron chi connectivity index (χ3n) is 3.35. The van der Waals surface area contributed by atoms with Crippen molar-refractivity contribution in [1.82, 2.24) is 14.9 Å². The minimum absolute atomic E-state index is 0.0590. The first-order valence-electron chi connectivity index (χ1n) is 6.67. The lowest BCUT2D eigenvalue weighted by Gasteiger charge is -2.14. The average Bonchev–Trinajstić information content (AvgIpc) is 2.92. The van der Waals surface area contributed by atoms with E-state index in [2.05, 4.69) is 10.3 Å². The molecule has 3 N–H and O–H groups in total. The van der Waals surface area contributed by atoms with Gasteiger partial charge in [0.1, 0.15) is 12.1 Å². The maximum absolute atomic E-state index is 12.2. The van der Waals surface area contributed by atoms with E-state index in [-0.39, 0.29) is 28.5 Å². The van der Waals surface area contributed by atoms with Crippen LogP contribution in [0.15, 0.2) is 30.6 Å². The molecule has 0 saturated heterocycles. The number of nitrogens with zero attached hydrogens (tertiary/aromatic N) is 2. The van der Waals surface area contributed by atoms with Crippen molar-refractivity contribution in [1.29, 1.82) is 0 Å². The van der Waals surface area contributed by atoms with Crippen molar-refractivity contribution in [2.24, 2.45) is 7.05 Å². The van der Waals surface area contributed by atoms with Crippen LogP contribution in [0.25, 0.3) is 0 Å². The van der Waals surface area contributed by atoms with E-state index in [1.165, 1.54) is 18.2 Å². The number of hydrogen-bond acceptors (Lipinski definition) is 5. The van der Waals surface area contributed by atoms with Crippen molar-refractivity contribution in [3.8, 4) is 0 Å². The Balaban J connectivity index is 2.19. The Kier molecular flexibility index (Phi) is 4.74. The number of benzene rings is 1. The van der Waals surface area contributed by atoms with Crippen LogP contribution < -0.4 is 10.8 Å². The van der Waals surface area contributed by atoms with Crippen LogP contribution in [0.2, 0.25) is 0 Å². The second-order valence-corrected chi connectivity index (χ2v) is 4.93. The van der Waals surface area contributed by atoms with Crippen LogP contribution >= 0.6 is 0 Å². The summed E-state index contributed by atoms with van der Waals surface area (Å²) in [5, 5.41) is 21.1. The van der Waals surface area contributed by atoms with E-state index in [4.69, 9.17) is 10.0 Å². The topological polar surface area (TPSA) is 104 Å². The molecule has 0 fully saturated rings. The Bertz CT molecular complexity index is 699. The van der Waals surface area contributed by atoms with Crippen LogP contribution in [-0.2, 0) is 7.05 Å². The molecule has 114 valence electrons. The summed E-state index contributed by atoms with van der Waals surface area (Å²) in [6.07, 6.45) is 3.90. The molecule has 1 aromatic carbocycles. The fourth-order valence-electron chi connectivity index (χ4n) is 2.19. The molecule has 2 aromatic rings. The highest BCUT2D eigenvalue weighted by molar-refractivity contribution is 6.60. The molecule has 0 radical (unpaired) electrons. The summed E-state index contributed by atoms with van der Waals surface area (Å²) in [4.78, 5) is 27.4. The number of carbonyl (C=O) groups is 2. The number of nitrogens with one attached hydrogen (secondary N) is 1. The summed E-state index contributed by atoms with van der Waals surface area (Å²) in [5.41, 5.74) is 0.378. The first-order valence-corrected chi connectivity index (χ1v) is 6.67. The quantitative estimate of drug-likeness (QED) is 0.505. The van der Waals surface area contributed by atoms with E-state index in [1.54, 1.807) is 23.9 Å². The van der Waals surface area contributed by atoms with Gasteiger partial charge in [-0.15, -0.1) is 0 Å². The van der Waals surface area contributed by atoms with E-state index in [9.17, 15) is 9.59 Å². The molecule has 1 heterocycles. The third kappa shape index (κ3) is 3.24. The molecule has 7 nitrogen and oxygen atoms in total. The number of hydrogen-bond donors (Lipinski definition) is 3. The fourth-order valence-corrected chi connectivity index (χ4v) is 2.19. The van der Waals surface area contributed by atoms with E-state index in [0.717, 1.165) is 0 Å². The average molecular weight is 301 g/mol. The molecule has 8 heteroatoms. The van der Waals surface area contributed by atoms with Crippen LogP contribution in [0.3, 0.4) is 0 Å². The number of aryl methyl sites for hydroxylation is 1. The second kappa shape index (κ2) is 6.55. The number of amides is 1. The summed E-state index contributed by atoms with van der Waals surface area (Å²) in [6, 6.07) is 3.79. The Labute approximate surface area is 127 Å². The van der Waals surface area contributed by atoms with Gasteiger partial charge in [-0.05, 0) is 24.5 Å². The Hall–Kier alpha value is -2.45. The van der Waals surface area contributed by atoms with E-state index >= 15 is 0 Å². The van der Waals surface area contributed by atoms with E-state index < -0.39 is 7.12 Å². The van der Waals surface area contributed by atoms with Gasteiger partial charge in [0.25, 0.3) is 5.91 Å². The van der Waals surface area contributed by atoms with Gasteiger partial charge in [0.05, 0.1) is 6.04 Å². The summed E-state index contributed by atoms with van der Waals surface area (Å²) in [6.45, 7) is 1.80. The Morgan fingerprint density at radius 1 is 1.45 bits per heavy atom. The van der Waals surface area contributed by atoms with Gasteiger partial charge in [0, 0.05) is 30.6 Å². The van der Waals surface area contributed by atoms with Gasteiger partial charge in [-0.3, -0.25) is 9.59 Å². The lowest BCUT2D eigenvalue weighted by molar-refractivity contribution is 0.0938. The Morgan fingerprint density at radius 2 is 2.18 bits per heavy atom. The molecular formula is C14H16BN3O4. The second-order valence-electron chi connectivity index (χ2n) is 4.93. The van der Waals surface area contributed by atoms with Crippen molar-refractivity contribution in [3.05, 3.63) is 47.5 Å². The van der Waals surface area contributed by atoms with Crippen LogP contribution in [0.5, 0.6) is 0 Å². The molecule has 1 aromatic heterocycles. The molecule has 1 atom stereocenters. The van der Waals surface area contributed by atoms with Crippen molar-refractivity contribution in [2.45, 2.75) is 13.0 Å². The number of rotatable bonds is 5. The minimum Gasteiger partial charge on any atom is -0.423 e. The highest BCUT2D eigenvalue weighted by Gasteiger charge is 2.19. The molecule has 0 spiro atoms. The van der Waals surface area contributed by atoms with Gasteiger partial charge in [-0.1, -0.05) is 6.07 Å². The van der Waals surface area contributed by atoms with Crippen LogP contribution in [-0.4, -0.2) is 38.9 Å². The van der Waals surface area contributed by atoms with Crippen LogP contribution in [0.4, 0.5) is 0 Å². The van der Waals surface area contributed by atoms with Gasteiger partial charge < -0.3 is 19.9 Å². The minimum atomic E-state index is -1.76. The number of aldehydes is 1. The predicted octanol–water partition coefficient (Wildman–Crippen LogP) is -0.597. The van der Waals surface area contributed by atoms with E-state index in [0.29, 0.717) is 12.1 Å². The zero-order valence-electron chi connectivity index (χ0n) is 12.2. The summed E-state index contributed by atoms with van der Waals surface area (Å²) < 4.78 is 1.80. The summed E-state index contributed by atoms with van der Waals surface area (Å²) >= 11 is 0. The normalized spacial score (nSPS) is 11.8. The predicted molar refractivity (Wildman–Crippen MR) is 80.7 cm³/mol. The lowest BCUT2D eigenvalue weighted by Crippen LogP contribution is -2.34. The smallest absolute Gasteiger partial charge is 0.423 e. The SMILES string of the molecule is CC(NC(=O)c1ccc(B(O)O)c(C=O)c1)c1nccn1C. The molecule has 0 aliphatic rings. The molecule has 22 heavy (non-hydrogen) atoms. The molecule has 2 rings (SSSR count). The van der Waals surface area contributed by atoms with Gasteiger partial charge in [-0.2, -0.15) is 0 Å². The first-order chi connectivity index (χ1) is 10.4. The van der Waals surface area contributed by atoms with Gasteiger partial charge >= 0.3 is 7.12 Å². The lowest BCUT2D eigenvalue weighted by atomic mass is 9.77. The highest BCUT2D eigenvalue weighted by atomic mass is 16.4. The largest absolute Gasteiger partial charge is 0.489 e. The van der Waals surface area contributed by atoms with Crippen LogP contribution in [0.1, 0.15) is 39.5 Å². The molecule has 0 saturated carbocycles. The van der Waals surface area contributed by atoms with E-state index in [1.807, 2.05) is 7.05 Å². The summed E-state index contributed by atoms with van der Waals surface area (Å²) in [5.74, 6) is 0.323. The molecule has 1 amide bonds. The molecular weight excluding hydrogens is 285 g/mol.